The van der Waals surface area contributed by atoms with Crippen LogP contribution in [0.2, 0.25) is 0 Å². The molecule has 1 fully saturated rings. The zero-order valence-corrected chi connectivity index (χ0v) is 13.6. The van der Waals surface area contributed by atoms with Gasteiger partial charge in [0.1, 0.15) is 6.10 Å². The van der Waals surface area contributed by atoms with Gasteiger partial charge in [-0.25, -0.2) is 4.79 Å². The van der Waals surface area contributed by atoms with Crippen LogP contribution in [0.3, 0.4) is 0 Å². The van der Waals surface area contributed by atoms with Gasteiger partial charge in [0.2, 0.25) is 5.60 Å². The Balaban J connectivity index is 2.11. The second-order valence-corrected chi connectivity index (χ2v) is 6.79. The molecular formula is C17H20O6. The smallest absolute Gasteiger partial charge is 0.351 e. The lowest BCUT2D eigenvalue weighted by atomic mass is 9.77. The summed E-state index contributed by atoms with van der Waals surface area (Å²) in [4.78, 5) is 36.1. The highest BCUT2D eigenvalue weighted by atomic mass is 16.6. The van der Waals surface area contributed by atoms with E-state index < -0.39 is 35.7 Å². The maximum absolute atomic E-state index is 12.4. The van der Waals surface area contributed by atoms with E-state index >= 15 is 0 Å². The van der Waals surface area contributed by atoms with Gasteiger partial charge in [-0.15, -0.1) is 0 Å². The van der Waals surface area contributed by atoms with Gasteiger partial charge in [0.15, 0.2) is 5.78 Å². The molecule has 2 aliphatic carbocycles. The van der Waals surface area contributed by atoms with E-state index in [0.29, 0.717) is 5.57 Å². The van der Waals surface area contributed by atoms with E-state index in [0.717, 1.165) is 11.1 Å². The molecule has 0 saturated carbocycles. The molecule has 0 unspecified atom stereocenters. The van der Waals surface area contributed by atoms with Crippen LogP contribution < -0.4 is 0 Å². The molecule has 3 rings (SSSR count). The minimum absolute atomic E-state index is 0.102. The predicted octanol–water partition coefficient (Wildman–Crippen LogP) is 1.08. The molecule has 23 heavy (non-hydrogen) atoms. The molecule has 6 heteroatoms. The second kappa shape index (κ2) is 5.03. The lowest BCUT2D eigenvalue weighted by molar-refractivity contribution is -0.174. The number of hydrogen-bond donors (Lipinski definition) is 1. The van der Waals surface area contributed by atoms with Crippen LogP contribution >= 0.6 is 0 Å². The van der Waals surface area contributed by atoms with Gasteiger partial charge in [0.25, 0.3) is 0 Å². The molecule has 1 N–H and O–H groups in total. The molecule has 1 saturated heterocycles. The van der Waals surface area contributed by atoms with Crippen molar-refractivity contribution in [2.75, 3.05) is 0 Å². The molecule has 0 spiro atoms. The van der Waals surface area contributed by atoms with E-state index in [1.807, 2.05) is 13.8 Å². The Morgan fingerprint density at radius 2 is 2.04 bits per heavy atom. The fourth-order valence-corrected chi connectivity index (χ4v) is 4.24. The van der Waals surface area contributed by atoms with E-state index in [-0.39, 0.29) is 18.1 Å². The number of aliphatic hydroxyl groups is 1. The first-order valence-electron chi connectivity index (χ1n) is 7.67. The van der Waals surface area contributed by atoms with Gasteiger partial charge >= 0.3 is 11.9 Å². The molecule has 5 atom stereocenters. The number of aliphatic hydroxyl groups excluding tert-OH is 1. The average molecular weight is 320 g/mol. The van der Waals surface area contributed by atoms with Gasteiger partial charge < -0.3 is 14.6 Å². The normalized spacial score (nSPS) is 39.4. The molecule has 3 aliphatic rings. The Bertz CT molecular complexity index is 673. The number of ether oxygens (including phenoxy) is 2. The van der Waals surface area contributed by atoms with Gasteiger partial charge in [-0.1, -0.05) is 11.1 Å². The van der Waals surface area contributed by atoms with Crippen LogP contribution in [0.1, 0.15) is 34.1 Å². The van der Waals surface area contributed by atoms with Gasteiger partial charge in [0.05, 0.1) is 12.0 Å². The summed E-state index contributed by atoms with van der Waals surface area (Å²) in [5, 5.41) is 10.6. The highest BCUT2D eigenvalue weighted by Crippen LogP contribution is 2.50. The number of esters is 2. The van der Waals surface area contributed by atoms with Gasteiger partial charge in [-0.05, 0) is 33.3 Å². The maximum Gasteiger partial charge on any atom is 0.351 e. The summed E-state index contributed by atoms with van der Waals surface area (Å²) in [6.45, 7) is 6.31. The second-order valence-electron chi connectivity index (χ2n) is 6.79. The monoisotopic (exact) mass is 320 g/mol. The van der Waals surface area contributed by atoms with Gasteiger partial charge in [0, 0.05) is 18.4 Å². The largest absolute Gasteiger partial charge is 0.458 e. The van der Waals surface area contributed by atoms with Crippen LogP contribution in [-0.2, 0) is 23.9 Å². The average Bonchev–Trinajstić information content (AvgIpc) is 2.78. The number of hydrogen-bond acceptors (Lipinski definition) is 6. The van der Waals surface area contributed by atoms with Crippen molar-refractivity contribution in [1.29, 1.82) is 0 Å². The van der Waals surface area contributed by atoms with E-state index in [2.05, 4.69) is 0 Å². The first-order chi connectivity index (χ1) is 10.7. The molecular weight excluding hydrogens is 300 g/mol. The van der Waals surface area contributed by atoms with Crippen LogP contribution in [0.15, 0.2) is 22.8 Å². The zero-order valence-electron chi connectivity index (χ0n) is 13.6. The SMILES string of the molecule is CC(=O)O[C@]1(C)C(=O)O[C@H]2[C@@H]3C(C)=CC(=O)C3=C(C)C[C@H](O)[C@H]21. The molecule has 0 amide bonds. The molecule has 0 radical (unpaired) electrons. The minimum atomic E-state index is -1.54. The fraction of sp³-hybridized carbons (Fsp3) is 0.588. The highest BCUT2D eigenvalue weighted by Gasteiger charge is 2.63. The van der Waals surface area contributed by atoms with Crippen LogP contribution in [-0.4, -0.2) is 40.6 Å². The molecule has 1 heterocycles. The summed E-state index contributed by atoms with van der Waals surface area (Å²) in [5.41, 5.74) is 0.635. The molecule has 0 bridgehead atoms. The first kappa shape index (κ1) is 15.9. The standard InChI is InChI=1S/C17H20O6/c1-7-6-11(20)14-15(13-8(2)5-10(19)12(7)13)22-16(21)17(14,4)23-9(3)18/h5,11,13-15,20H,6H2,1-4H3/t11-,13+,14+,15-,17-/m0/s1. The van der Waals surface area contributed by atoms with Crippen LogP contribution in [0.25, 0.3) is 0 Å². The summed E-state index contributed by atoms with van der Waals surface area (Å²) < 4.78 is 10.8. The van der Waals surface area contributed by atoms with Crippen molar-refractivity contribution in [3.63, 3.8) is 0 Å². The number of carbonyl (C=O) groups excluding carboxylic acids is 3. The third kappa shape index (κ3) is 2.16. The molecule has 124 valence electrons. The Hall–Kier alpha value is -1.95. The Labute approximate surface area is 134 Å². The van der Waals surface area contributed by atoms with Gasteiger partial charge in [-0.2, -0.15) is 0 Å². The van der Waals surface area contributed by atoms with E-state index in [1.54, 1.807) is 6.08 Å². The van der Waals surface area contributed by atoms with Crippen LogP contribution in [0.4, 0.5) is 0 Å². The van der Waals surface area contributed by atoms with Crippen LogP contribution in [0.5, 0.6) is 0 Å². The van der Waals surface area contributed by atoms with E-state index in [9.17, 15) is 19.5 Å². The maximum atomic E-state index is 12.4. The van der Waals surface area contributed by atoms with Crippen LogP contribution in [0, 0.1) is 11.8 Å². The summed E-state index contributed by atoms with van der Waals surface area (Å²) in [6.07, 6.45) is 0.146. The van der Waals surface area contributed by atoms with Crippen molar-refractivity contribution < 1.29 is 29.0 Å². The van der Waals surface area contributed by atoms with E-state index in [4.69, 9.17) is 9.47 Å². The van der Waals surface area contributed by atoms with Crippen molar-refractivity contribution in [2.45, 2.75) is 51.9 Å². The predicted molar refractivity (Wildman–Crippen MR) is 79.1 cm³/mol. The topological polar surface area (TPSA) is 89.9 Å². The van der Waals surface area contributed by atoms with Crippen molar-refractivity contribution >= 4 is 17.7 Å². The van der Waals surface area contributed by atoms with Crippen molar-refractivity contribution in [1.82, 2.24) is 0 Å². The molecule has 0 aromatic carbocycles. The number of ketones is 1. The quantitative estimate of drug-likeness (QED) is 0.727. The number of rotatable bonds is 1. The third-order valence-corrected chi connectivity index (χ3v) is 5.14. The van der Waals surface area contributed by atoms with Crippen molar-refractivity contribution in [3.05, 3.63) is 22.8 Å². The van der Waals surface area contributed by atoms with Crippen molar-refractivity contribution in [3.8, 4) is 0 Å². The Morgan fingerprint density at radius 3 is 2.65 bits per heavy atom. The van der Waals surface area contributed by atoms with Crippen molar-refractivity contribution in [2.24, 2.45) is 11.8 Å². The van der Waals surface area contributed by atoms with E-state index in [1.165, 1.54) is 13.8 Å². The summed E-state index contributed by atoms with van der Waals surface area (Å²) in [6, 6.07) is 0. The Kier molecular flexibility index (Phi) is 3.48. The Morgan fingerprint density at radius 1 is 1.39 bits per heavy atom. The lowest BCUT2D eigenvalue weighted by Crippen LogP contribution is -2.49. The number of fused-ring (bicyclic) bond motifs is 3. The number of allylic oxidation sites excluding steroid dienone is 1. The molecule has 0 aromatic rings. The molecule has 1 aliphatic heterocycles. The summed E-state index contributed by atoms with van der Waals surface area (Å²) >= 11 is 0. The summed E-state index contributed by atoms with van der Waals surface area (Å²) in [7, 11) is 0. The first-order valence-corrected chi connectivity index (χ1v) is 7.67. The number of carbonyl (C=O) groups is 3. The highest BCUT2D eigenvalue weighted by molar-refractivity contribution is 6.09. The lowest BCUT2D eigenvalue weighted by Gasteiger charge is -2.32. The fourth-order valence-electron chi connectivity index (χ4n) is 4.24. The summed E-state index contributed by atoms with van der Waals surface area (Å²) in [5.74, 6) is -2.49. The molecule has 6 nitrogen and oxygen atoms in total. The third-order valence-electron chi connectivity index (χ3n) is 5.14. The van der Waals surface area contributed by atoms with Gasteiger partial charge in [-0.3, -0.25) is 9.59 Å². The zero-order chi connectivity index (χ0) is 17.1. The molecule has 0 aromatic heterocycles. The minimum Gasteiger partial charge on any atom is -0.458 e.